The van der Waals surface area contributed by atoms with Crippen LogP contribution < -0.4 is 17.1 Å². The molecule has 2 aromatic rings. The number of likely N-dealkylation sites (tertiary alicyclic amines) is 1. The molecule has 1 fully saturated rings. The highest BCUT2D eigenvalue weighted by Crippen LogP contribution is 2.18. The molecular formula is C18H21N3O6. The van der Waals surface area contributed by atoms with E-state index in [1.54, 1.807) is 12.1 Å². The van der Waals surface area contributed by atoms with E-state index < -0.39 is 23.5 Å². The Morgan fingerprint density at radius 1 is 1.30 bits per heavy atom. The summed E-state index contributed by atoms with van der Waals surface area (Å²) in [4.78, 5) is 45.0. The van der Waals surface area contributed by atoms with E-state index in [4.69, 9.17) is 21.0 Å². The summed E-state index contributed by atoms with van der Waals surface area (Å²) >= 11 is 0. The van der Waals surface area contributed by atoms with Crippen LogP contribution in [0.25, 0.3) is 11.0 Å². The van der Waals surface area contributed by atoms with Gasteiger partial charge in [-0.15, -0.1) is 0 Å². The molecule has 0 radical (unpaired) electrons. The second kappa shape index (κ2) is 8.45. The number of benzene rings is 1. The number of hydrogen-bond acceptors (Lipinski definition) is 6. The SMILES string of the molecule is Cc1cc(=O)oc2cc(C(N)=O)ccc12.NCC(=O)N1CCC[C@H]1C(=O)O. The van der Waals surface area contributed by atoms with Crippen molar-refractivity contribution in [3.8, 4) is 0 Å². The molecule has 1 saturated heterocycles. The molecule has 144 valence electrons. The number of carbonyl (C=O) groups excluding carboxylic acids is 2. The number of carboxylic acids is 1. The number of aliphatic carboxylic acids is 1. The number of nitrogens with two attached hydrogens (primary N) is 2. The molecule has 0 saturated carbocycles. The second-order valence-corrected chi connectivity index (χ2v) is 6.11. The summed E-state index contributed by atoms with van der Waals surface area (Å²) < 4.78 is 4.97. The number of nitrogens with zero attached hydrogens (tertiary/aromatic N) is 1. The van der Waals surface area contributed by atoms with Crippen LogP contribution in [0.5, 0.6) is 0 Å². The number of amides is 2. The van der Waals surface area contributed by atoms with Crippen LogP contribution in [0, 0.1) is 6.92 Å². The summed E-state index contributed by atoms with van der Waals surface area (Å²) in [7, 11) is 0. The van der Waals surface area contributed by atoms with Crippen molar-refractivity contribution in [2.24, 2.45) is 11.5 Å². The van der Waals surface area contributed by atoms with Crippen LogP contribution in [-0.4, -0.2) is 46.9 Å². The van der Waals surface area contributed by atoms with E-state index in [0.717, 1.165) is 17.4 Å². The third-order valence-electron chi connectivity index (χ3n) is 4.27. The van der Waals surface area contributed by atoms with E-state index in [-0.39, 0.29) is 12.5 Å². The summed E-state index contributed by atoms with van der Waals surface area (Å²) in [5.41, 5.74) is 11.4. The molecule has 9 nitrogen and oxygen atoms in total. The van der Waals surface area contributed by atoms with Gasteiger partial charge in [0.15, 0.2) is 0 Å². The van der Waals surface area contributed by atoms with Gasteiger partial charge >= 0.3 is 11.6 Å². The fraction of sp³-hybridized carbons (Fsp3) is 0.333. The molecule has 0 spiro atoms. The molecular weight excluding hydrogens is 354 g/mol. The molecule has 27 heavy (non-hydrogen) atoms. The average molecular weight is 375 g/mol. The van der Waals surface area contributed by atoms with Gasteiger partial charge in [0.2, 0.25) is 11.8 Å². The van der Waals surface area contributed by atoms with Gasteiger partial charge in [-0.25, -0.2) is 9.59 Å². The summed E-state index contributed by atoms with van der Waals surface area (Å²) in [6, 6.07) is 5.56. The highest BCUT2D eigenvalue weighted by atomic mass is 16.4. The lowest BCUT2D eigenvalue weighted by Crippen LogP contribution is -2.43. The van der Waals surface area contributed by atoms with Crippen LogP contribution in [0.15, 0.2) is 33.5 Å². The van der Waals surface area contributed by atoms with Gasteiger partial charge in [0.05, 0.1) is 6.54 Å². The van der Waals surface area contributed by atoms with Gasteiger partial charge in [-0.05, 0) is 37.5 Å². The number of rotatable bonds is 3. The van der Waals surface area contributed by atoms with Crippen LogP contribution >= 0.6 is 0 Å². The van der Waals surface area contributed by atoms with Crippen LogP contribution in [0.2, 0.25) is 0 Å². The van der Waals surface area contributed by atoms with E-state index in [0.29, 0.717) is 24.1 Å². The Hall–Kier alpha value is -3.20. The summed E-state index contributed by atoms with van der Waals surface area (Å²) in [5.74, 6) is -1.75. The Morgan fingerprint density at radius 3 is 2.59 bits per heavy atom. The third-order valence-corrected chi connectivity index (χ3v) is 4.27. The smallest absolute Gasteiger partial charge is 0.336 e. The molecule has 2 heterocycles. The molecule has 1 aliphatic rings. The maximum atomic E-state index is 11.1. The van der Waals surface area contributed by atoms with Crippen molar-refractivity contribution >= 4 is 28.8 Å². The Bertz CT molecular complexity index is 936. The van der Waals surface area contributed by atoms with Gasteiger partial charge in [-0.3, -0.25) is 9.59 Å². The maximum absolute atomic E-state index is 11.1. The van der Waals surface area contributed by atoms with Crippen molar-refractivity contribution in [2.75, 3.05) is 13.1 Å². The van der Waals surface area contributed by atoms with Gasteiger partial charge in [0.25, 0.3) is 0 Å². The topological polar surface area (TPSA) is 157 Å². The molecule has 0 bridgehead atoms. The molecule has 1 aromatic carbocycles. The molecule has 0 unspecified atom stereocenters. The van der Waals surface area contributed by atoms with Crippen molar-refractivity contribution in [1.29, 1.82) is 0 Å². The highest BCUT2D eigenvalue weighted by Gasteiger charge is 2.32. The van der Waals surface area contributed by atoms with Gasteiger partial charge in [0.1, 0.15) is 11.6 Å². The zero-order valence-corrected chi connectivity index (χ0v) is 14.8. The average Bonchev–Trinajstić information content (AvgIpc) is 3.11. The number of carboxylic acid groups (broad SMARTS) is 1. The molecule has 0 aliphatic carbocycles. The minimum atomic E-state index is -0.936. The quantitative estimate of drug-likeness (QED) is 0.648. The lowest BCUT2D eigenvalue weighted by atomic mass is 10.1. The van der Waals surface area contributed by atoms with Gasteiger partial charge in [-0.2, -0.15) is 0 Å². The highest BCUT2D eigenvalue weighted by molar-refractivity contribution is 5.96. The summed E-state index contributed by atoms with van der Waals surface area (Å²) in [6.45, 7) is 2.22. The normalized spacial score (nSPS) is 15.9. The van der Waals surface area contributed by atoms with Crippen LogP contribution in [0.4, 0.5) is 0 Å². The molecule has 1 aliphatic heterocycles. The molecule has 1 atom stereocenters. The van der Waals surface area contributed by atoms with Crippen molar-refractivity contribution in [3.63, 3.8) is 0 Å². The summed E-state index contributed by atoms with van der Waals surface area (Å²) in [6.07, 6.45) is 1.30. The lowest BCUT2D eigenvalue weighted by molar-refractivity contribution is -0.147. The monoisotopic (exact) mass is 375 g/mol. The Morgan fingerprint density at radius 2 is 2.00 bits per heavy atom. The Kier molecular flexibility index (Phi) is 6.30. The van der Waals surface area contributed by atoms with Crippen molar-refractivity contribution in [3.05, 3.63) is 45.8 Å². The maximum Gasteiger partial charge on any atom is 0.336 e. The minimum Gasteiger partial charge on any atom is -0.480 e. The van der Waals surface area contributed by atoms with Crippen molar-refractivity contribution in [2.45, 2.75) is 25.8 Å². The lowest BCUT2D eigenvalue weighted by Gasteiger charge is -2.20. The van der Waals surface area contributed by atoms with Gasteiger partial charge in [0, 0.05) is 23.6 Å². The number of primary amides is 1. The van der Waals surface area contributed by atoms with E-state index in [1.807, 2.05) is 6.92 Å². The summed E-state index contributed by atoms with van der Waals surface area (Å²) in [5, 5.41) is 9.50. The predicted octanol–water partition coefficient (Wildman–Crippen LogP) is 0.221. The van der Waals surface area contributed by atoms with Gasteiger partial charge in [-0.1, -0.05) is 6.07 Å². The standard InChI is InChI=1S/C11H9NO3.C7H12N2O3/c1-6-4-10(13)15-9-5-7(11(12)14)2-3-8(6)9;8-4-6(10)9-3-1-2-5(9)7(11)12/h2-5H,1H3,(H2,12,14);5H,1-4,8H2,(H,11,12)/t;5-/m.0/s1. The Labute approximate surface area is 154 Å². The minimum absolute atomic E-state index is 0.107. The zero-order valence-electron chi connectivity index (χ0n) is 14.8. The van der Waals surface area contributed by atoms with E-state index in [1.165, 1.54) is 17.0 Å². The van der Waals surface area contributed by atoms with Gasteiger partial charge < -0.3 is 25.9 Å². The van der Waals surface area contributed by atoms with Crippen LogP contribution in [0.3, 0.4) is 0 Å². The molecule has 1 aromatic heterocycles. The fourth-order valence-corrected chi connectivity index (χ4v) is 2.92. The van der Waals surface area contributed by atoms with Crippen LogP contribution in [0.1, 0.15) is 28.8 Å². The molecule has 9 heteroatoms. The van der Waals surface area contributed by atoms with E-state index in [2.05, 4.69) is 0 Å². The Balaban J connectivity index is 0.000000199. The fourth-order valence-electron chi connectivity index (χ4n) is 2.92. The first-order chi connectivity index (χ1) is 12.7. The van der Waals surface area contributed by atoms with Crippen LogP contribution in [-0.2, 0) is 9.59 Å². The number of carbonyl (C=O) groups is 3. The van der Waals surface area contributed by atoms with E-state index in [9.17, 15) is 19.2 Å². The first kappa shape index (κ1) is 20.1. The van der Waals surface area contributed by atoms with E-state index >= 15 is 0 Å². The zero-order chi connectivity index (χ0) is 20.1. The first-order valence-electron chi connectivity index (χ1n) is 8.31. The molecule has 2 amide bonds. The van der Waals surface area contributed by atoms with Crippen molar-refractivity contribution in [1.82, 2.24) is 4.90 Å². The third kappa shape index (κ3) is 4.70. The number of fused-ring (bicyclic) bond motifs is 1. The number of hydrogen-bond donors (Lipinski definition) is 3. The molecule has 3 rings (SSSR count). The number of aryl methyl sites for hydroxylation is 1. The van der Waals surface area contributed by atoms with Crippen molar-refractivity contribution < 1.29 is 23.9 Å². The first-order valence-corrected chi connectivity index (χ1v) is 8.31. The largest absolute Gasteiger partial charge is 0.480 e. The predicted molar refractivity (Wildman–Crippen MR) is 97.2 cm³/mol. The molecule has 5 N–H and O–H groups in total. The second-order valence-electron chi connectivity index (χ2n) is 6.11.